The van der Waals surface area contributed by atoms with Crippen molar-refractivity contribution < 1.29 is 55.2 Å². The fourth-order valence-corrected chi connectivity index (χ4v) is 3.08. The highest BCUT2D eigenvalue weighted by Gasteiger charge is 2.09. The van der Waals surface area contributed by atoms with Crippen molar-refractivity contribution in [1.29, 1.82) is 0 Å². The van der Waals surface area contributed by atoms with Crippen molar-refractivity contribution in [3.8, 4) is 51.7 Å². The zero-order chi connectivity index (χ0) is 30.7. The number of ketones is 2. The second-order valence-corrected chi connectivity index (χ2v) is 8.26. The molecule has 0 aliphatic rings. The Morgan fingerprint density at radius 2 is 1.10 bits per heavy atom. The molecule has 4 aromatic carbocycles. The van der Waals surface area contributed by atoms with Crippen LogP contribution in [0.4, 0.5) is 0 Å². The molecule has 0 saturated carbocycles. The van der Waals surface area contributed by atoms with Crippen LogP contribution in [-0.4, -0.2) is 59.5 Å². The van der Waals surface area contributed by atoms with Gasteiger partial charge in [-0.2, -0.15) is 0 Å². The highest BCUT2D eigenvalue weighted by molar-refractivity contribution is 6.08. The lowest BCUT2D eigenvalue weighted by Crippen LogP contribution is -1.94. The molecule has 4 aromatic rings. The van der Waals surface area contributed by atoms with Crippen molar-refractivity contribution >= 4 is 17.6 Å². The van der Waals surface area contributed by atoms with Crippen LogP contribution in [0.1, 0.15) is 33.2 Å². The normalized spacial score (nSPS) is 10.1. The number of benzene rings is 4. The number of rotatable bonds is 5. The van der Waals surface area contributed by atoms with Crippen LogP contribution in [0.3, 0.4) is 0 Å². The summed E-state index contributed by atoms with van der Waals surface area (Å²) >= 11 is 0. The molecule has 0 fully saturated rings. The second-order valence-electron chi connectivity index (χ2n) is 8.26. The topological polar surface area (TPSA) is 205 Å². The Balaban J connectivity index is 0.000000236. The van der Waals surface area contributed by atoms with Crippen LogP contribution in [0.2, 0.25) is 0 Å². The molecule has 0 aromatic heterocycles. The van der Waals surface area contributed by atoms with Gasteiger partial charge >= 0.3 is 0 Å². The smallest absolute Gasteiger partial charge is 0.189 e. The number of Topliss-reactive ketones (excluding diaryl/α,β-unsaturated/α-hetero) is 1. The molecule has 0 heterocycles. The number of phenolic OH excluding ortho intramolecular Hbond substituents is 8. The molecule has 0 spiro atoms. The van der Waals surface area contributed by atoms with E-state index in [0.717, 1.165) is 12.1 Å². The minimum absolute atomic E-state index is 0.0486. The second kappa shape index (κ2) is 14.4. The van der Waals surface area contributed by atoms with Gasteiger partial charge in [0.1, 0.15) is 28.7 Å². The number of phenols is 8. The summed E-state index contributed by atoms with van der Waals surface area (Å²) in [7, 11) is 1.49. The summed E-state index contributed by atoms with van der Waals surface area (Å²) in [5, 5.41) is 72.8. The van der Waals surface area contributed by atoms with Gasteiger partial charge in [0.15, 0.2) is 34.6 Å². The van der Waals surface area contributed by atoms with Crippen molar-refractivity contribution in [2.24, 2.45) is 0 Å². The van der Waals surface area contributed by atoms with E-state index in [4.69, 9.17) is 35.4 Å². The van der Waals surface area contributed by atoms with Crippen LogP contribution in [0, 0.1) is 0 Å². The molecular weight excluding hydrogens is 536 g/mol. The van der Waals surface area contributed by atoms with Gasteiger partial charge in [0.25, 0.3) is 0 Å². The predicted molar refractivity (Wildman–Crippen MR) is 149 cm³/mol. The maximum atomic E-state index is 11.9. The predicted octanol–water partition coefficient (Wildman–Crippen LogP) is 4.81. The Morgan fingerprint density at radius 1 is 0.585 bits per heavy atom. The van der Waals surface area contributed by atoms with Gasteiger partial charge < -0.3 is 45.6 Å². The minimum Gasteiger partial charge on any atom is -0.508 e. The highest BCUT2D eigenvalue weighted by atomic mass is 16.5. The van der Waals surface area contributed by atoms with Crippen molar-refractivity contribution in [3.05, 3.63) is 95.6 Å². The number of carbonyl (C=O) groups is 2. The maximum absolute atomic E-state index is 11.9. The van der Waals surface area contributed by atoms with Crippen LogP contribution in [0.5, 0.6) is 51.7 Å². The SMILES string of the molecule is CC(=O)c1ccc(O)cc1O.COc1ccc(O)c(O)c1.O=C(/C=C/c1ccc(O)c(O)c1)c1ccc(O)cc1O. The molecule has 11 heteroatoms. The summed E-state index contributed by atoms with van der Waals surface area (Å²) in [6, 6.07) is 16.0. The molecule has 0 radical (unpaired) electrons. The Hall–Kier alpha value is -5.84. The fourth-order valence-electron chi connectivity index (χ4n) is 3.08. The molecule has 214 valence electrons. The molecule has 0 amide bonds. The van der Waals surface area contributed by atoms with Gasteiger partial charge in [-0.05, 0) is 67.1 Å². The maximum Gasteiger partial charge on any atom is 0.189 e. The number of allylic oxidation sites excluding steroid dienone is 1. The number of carbonyl (C=O) groups excluding carboxylic acids is 2. The largest absolute Gasteiger partial charge is 0.508 e. The van der Waals surface area contributed by atoms with E-state index in [1.807, 2.05) is 0 Å². The molecule has 0 aliphatic carbocycles. The lowest BCUT2D eigenvalue weighted by atomic mass is 10.1. The van der Waals surface area contributed by atoms with Gasteiger partial charge in [-0.3, -0.25) is 9.59 Å². The molecule has 0 unspecified atom stereocenters. The molecule has 0 saturated heterocycles. The Labute approximate surface area is 234 Å². The zero-order valence-corrected chi connectivity index (χ0v) is 21.9. The van der Waals surface area contributed by atoms with Crippen LogP contribution >= 0.6 is 0 Å². The van der Waals surface area contributed by atoms with Crippen LogP contribution in [0.25, 0.3) is 6.08 Å². The fraction of sp³-hybridized carbons (Fsp3) is 0.0667. The van der Waals surface area contributed by atoms with Gasteiger partial charge in [0.2, 0.25) is 0 Å². The zero-order valence-electron chi connectivity index (χ0n) is 21.9. The van der Waals surface area contributed by atoms with Gasteiger partial charge in [-0.25, -0.2) is 0 Å². The quantitative estimate of drug-likeness (QED) is 0.0937. The van der Waals surface area contributed by atoms with E-state index in [1.54, 1.807) is 6.07 Å². The van der Waals surface area contributed by atoms with Crippen molar-refractivity contribution in [3.63, 3.8) is 0 Å². The van der Waals surface area contributed by atoms with E-state index in [2.05, 4.69) is 0 Å². The van der Waals surface area contributed by atoms with Crippen molar-refractivity contribution in [2.45, 2.75) is 6.92 Å². The summed E-state index contributed by atoms with van der Waals surface area (Å²) in [4.78, 5) is 22.6. The average Bonchev–Trinajstić information content (AvgIpc) is 2.91. The van der Waals surface area contributed by atoms with E-state index < -0.39 is 5.78 Å². The first kappa shape index (κ1) is 31.4. The molecule has 4 rings (SSSR count). The molecule has 8 N–H and O–H groups in total. The van der Waals surface area contributed by atoms with Gasteiger partial charge in [-0.1, -0.05) is 12.1 Å². The van der Waals surface area contributed by atoms with E-state index in [-0.39, 0.29) is 62.9 Å². The van der Waals surface area contributed by atoms with E-state index >= 15 is 0 Å². The third-order valence-corrected chi connectivity index (χ3v) is 5.22. The lowest BCUT2D eigenvalue weighted by Gasteiger charge is -2.01. The van der Waals surface area contributed by atoms with Gasteiger partial charge in [-0.15, -0.1) is 0 Å². The molecule has 41 heavy (non-hydrogen) atoms. The van der Waals surface area contributed by atoms with Crippen LogP contribution in [0.15, 0.2) is 78.9 Å². The van der Waals surface area contributed by atoms with E-state index in [9.17, 15) is 19.8 Å². The third kappa shape index (κ3) is 9.45. The minimum atomic E-state index is -0.449. The summed E-state index contributed by atoms with van der Waals surface area (Å²) in [5.74, 6) is -1.66. The highest BCUT2D eigenvalue weighted by Crippen LogP contribution is 2.28. The Kier molecular flexibility index (Phi) is 11.0. The molecule has 0 atom stereocenters. The first-order valence-corrected chi connectivity index (χ1v) is 11.7. The summed E-state index contributed by atoms with van der Waals surface area (Å²) in [5.41, 5.74) is 0.803. The first-order chi connectivity index (χ1) is 19.3. The molecule has 0 aliphatic heterocycles. The molecule has 11 nitrogen and oxygen atoms in total. The summed E-state index contributed by atoms with van der Waals surface area (Å²) in [6.07, 6.45) is 2.66. The van der Waals surface area contributed by atoms with Crippen LogP contribution in [-0.2, 0) is 0 Å². The summed E-state index contributed by atoms with van der Waals surface area (Å²) < 4.78 is 4.78. The Morgan fingerprint density at radius 3 is 1.56 bits per heavy atom. The van der Waals surface area contributed by atoms with Gasteiger partial charge in [0.05, 0.1) is 18.2 Å². The number of ether oxygens (including phenoxy) is 1. The third-order valence-electron chi connectivity index (χ3n) is 5.22. The standard InChI is InChI=1S/C15H12O5.C8H8O3.C7H8O3/c16-10-3-4-11(14(19)8-10)12(17)5-1-9-2-6-13(18)15(20)7-9;1-5(9)7-3-2-6(10)4-8(7)11;1-10-5-2-3-6(8)7(9)4-5/h1-8,16,18-20H;2-4,10-11H,1H3;2-4,8-9H,1H3/b5-1+;;. The number of methoxy groups -OCH3 is 1. The lowest BCUT2D eigenvalue weighted by molar-refractivity contribution is 0.101. The Bertz CT molecular complexity index is 1560. The molecule has 0 bridgehead atoms. The van der Waals surface area contributed by atoms with Crippen LogP contribution < -0.4 is 4.74 Å². The number of hydrogen-bond donors (Lipinski definition) is 8. The van der Waals surface area contributed by atoms with Crippen molar-refractivity contribution in [1.82, 2.24) is 0 Å². The average molecular weight is 565 g/mol. The van der Waals surface area contributed by atoms with E-state index in [1.165, 1.54) is 80.8 Å². The number of aromatic hydroxyl groups is 8. The van der Waals surface area contributed by atoms with E-state index in [0.29, 0.717) is 11.3 Å². The molecular formula is C30H28O11. The summed E-state index contributed by atoms with van der Waals surface area (Å²) in [6.45, 7) is 1.35. The first-order valence-electron chi connectivity index (χ1n) is 11.7. The van der Waals surface area contributed by atoms with Crippen molar-refractivity contribution in [2.75, 3.05) is 7.11 Å². The number of hydrogen-bond acceptors (Lipinski definition) is 11. The van der Waals surface area contributed by atoms with Gasteiger partial charge in [0, 0.05) is 18.2 Å². The monoisotopic (exact) mass is 564 g/mol.